The molecule has 1 fully saturated rings. The van der Waals surface area contributed by atoms with Crippen LogP contribution in [0.1, 0.15) is 13.3 Å². The summed E-state index contributed by atoms with van der Waals surface area (Å²) in [4.78, 5) is 12.4. The van der Waals surface area contributed by atoms with Gasteiger partial charge >= 0.3 is 0 Å². The van der Waals surface area contributed by atoms with Crippen LogP contribution in [-0.2, 0) is 19.0 Å². The van der Waals surface area contributed by atoms with Crippen molar-refractivity contribution in [1.29, 1.82) is 0 Å². The number of halogens is 1. The van der Waals surface area contributed by atoms with Gasteiger partial charge in [0.05, 0.1) is 17.9 Å². The topological polar surface area (TPSA) is 44.8 Å². The van der Waals surface area contributed by atoms with E-state index in [1.54, 1.807) is 6.08 Å². The Kier molecular flexibility index (Phi) is 3.59. The molecule has 0 aromatic carbocycles. The fourth-order valence-corrected chi connectivity index (χ4v) is 3.20. The van der Waals surface area contributed by atoms with Gasteiger partial charge in [-0.3, -0.25) is 4.79 Å². The summed E-state index contributed by atoms with van der Waals surface area (Å²) in [7, 11) is 2.95. The van der Waals surface area contributed by atoms with Crippen LogP contribution in [0.5, 0.6) is 0 Å². The van der Waals surface area contributed by atoms with Gasteiger partial charge in [0, 0.05) is 25.9 Å². The Bertz CT molecular complexity index is 348. The third-order valence-electron chi connectivity index (χ3n) is 3.63. The fourth-order valence-electron chi connectivity index (χ4n) is 2.83. The van der Waals surface area contributed by atoms with Crippen LogP contribution in [-0.4, -0.2) is 38.5 Å². The highest BCUT2D eigenvalue weighted by Gasteiger charge is 2.59. The van der Waals surface area contributed by atoms with Gasteiger partial charge in [0.1, 0.15) is 0 Å². The predicted octanol–water partition coefficient (Wildman–Crippen LogP) is 1.72. The van der Waals surface area contributed by atoms with E-state index >= 15 is 0 Å². The molecule has 17 heavy (non-hydrogen) atoms. The lowest BCUT2D eigenvalue weighted by Crippen LogP contribution is -2.61. The number of hydrogen-bond acceptors (Lipinski definition) is 4. The average molecular weight is 261 g/mol. The minimum Gasteiger partial charge on any atom is -0.377 e. The van der Waals surface area contributed by atoms with E-state index in [2.05, 4.69) is 0 Å². The van der Waals surface area contributed by atoms with Crippen molar-refractivity contribution in [2.45, 2.75) is 25.2 Å². The first-order valence-corrected chi connectivity index (χ1v) is 6.12. The van der Waals surface area contributed by atoms with Gasteiger partial charge in [0.25, 0.3) is 0 Å². The summed E-state index contributed by atoms with van der Waals surface area (Å²) in [6, 6.07) is 0. The molecule has 3 atom stereocenters. The Labute approximate surface area is 106 Å². The van der Waals surface area contributed by atoms with Gasteiger partial charge in [-0.15, -0.1) is 0 Å². The van der Waals surface area contributed by atoms with Crippen molar-refractivity contribution < 1.29 is 19.0 Å². The molecule has 0 unspecified atom stereocenters. The number of fused-ring (bicyclic) bond motifs is 2. The number of hydrogen-bond donors (Lipinski definition) is 0. The number of rotatable bonds is 4. The van der Waals surface area contributed by atoms with Crippen LogP contribution >= 0.6 is 11.6 Å². The lowest BCUT2D eigenvalue weighted by atomic mass is 9.68. The highest BCUT2D eigenvalue weighted by Crippen LogP contribution is 2.49. The van der Waals surface area contributed by atoms with E-state index in [1.807, 2.05) is 6.92 Å². The third kappa shape index (κ3) is 1.74. The molecule has 3 rings (SSSR count). The Morgan fingerprint density at radius 3 is 2.65 bits per heavy atom. The summed E-state index contributed by atoms with van der Waals surface area (Å²) in [6.07, 6.45) is 2.31. The normalized spacial score (nSPS) is 34.9. The minimum atomic E-state index is -1.23. The zero-order chi connectivity index (χ0) is 12.6. The predicted molar refractivity (Wildman–Crippen MR) is 62.7 cm³/mol. The number of ether oxygens (including phenoxy) is 3. The molecule has 0 N–H and O–H groups in total. The molecular weight excluding hydrogens is 244 g/mol. The van der Waals surface area contributed by atoms with Gasteiger partial charge in [0.2, 0.25) is 11.6 Å². The van der Waals surface area contributed by atoms with Gasteiger partial charge in [-0.1, -0.05) is 17.7 Å². The van der Waals surface area contributed by atoms with Crippen molar-refractivity contribution in [3.05, 3.63) is 11.1 Å². The molecule has 0 spiro atoms. The molecule has 0 aromatic rings. The molecule has 96 valence electrons. The summed E-state index contributed by atoms with van der Waals surface area (Å²) in [5.74, 6) is -1.97. The fraction of sp³-hybridized carbons (Fsp3) is 0.750. The molecule has 0 aliphatic heterocycles. The van der Waals surface area contributed by atoms with Gasteiger partial charge in [-0.2, -0.15) is 0 Å². The van der Waals surface area contributed by atoms with Crippen LogP contribution < -0.4 is 0 Å². The zero-order valence-corrected chi connectivity index (χ0v) is 11.0. The van der Waals surface area contributed by atoms with Crippen molar-refractivity contribution >= 4 is 17.4 Å². The van der Waals surface area contributed by atoms with Gasteiger partial charge in [-0.25, -0.2) is 0 Å². The zero-order valence-electron chi connectivity index (χ0n) is 10.2. The molecule has 0 radical (unpaired) electrons. The molecule has 3 aliphatic carbocycles. The second-order valence-corrected chi connectivity index (χ2v) is 4.74. The van der Waals surface area contributed by atoms with Gasteiger partial charge in [0.15, 0.2) is 0 Å². The van der Waals surface area contributed by atoms with E-state index in [9.17, 15) is 4.79 Å². The minimum absolute atomic E-state index is 0.0957. The lowest BCUT2D eigenvalue weighted by molar-refractivity contribution is -0.246. The standard InChI is InChI=1S/C12H17ClO4/c1-4-17-10-6-8-9(13)5-7(10)11(14)12(8,15-2)16-3/h5,7-8,10H,4,6H2,1-3H3/t7-,8-,10-/m0/s1. The van der Waals surface area contributed by atoms with Crippen molar-refractivity contribution in [2.24, 2.45) is 11.8 Å². The molecule has 4 nitrogen and oxygen atoms in total. The third-order valence-corrected chi connectivity index (χ3v) is 4.02. The highest BCUT2D eigenvalue weighted by molar-refractivity contribution is 6.31. The SMILES string of the molecule is CCO[C@H]1C[C@H]2C(Cl)=C[C@@H]1C(=O)C2(OC)OC. The molecule has 0 aromatic heterocycles. The summed E-state index contributed by atoms with van der Waals surface area (Å²) in [6.45, 7) is 2.50. The average Bonchev–Trinajstić information content (AvgIpc) is 2.33. The van der Waals surface area contributed by atoms with E-state index in [-0.39, 0.29) is 23.7 Å². The van der Waals surface area contributed by atoms with Gasteiger partial charge < -0.3 is 14.2 Å². The van der Waals surface area contributed by atoms with Crippen LogP contribution in [0.15, 0.2) is 11.1 Å². The maximum absolute atomic E-state index is 12.4. The molecule has 0 saturated heterocycles. The van der Waals surface area contributed by atoms with E-state index in [4.69, 9.17) is 25.8 Å². The van der Waals surface area contributed by atoms with Crippen molar-refractivity contribution in [3.8, 4) is 0 Å². The van der Waals surface area contributed by atoms with Crippen LogP contribution in [0.3, 0.4) is 0 Å². The Hall–Kier alpha value is -0.420. The first-order chi connectivity index (χ1) is 8.10. The van der Waals surface area contributed by atoms with Crippen molar-refractivity contribution in [2.75, 3.05) is 20.8 Å². The molecule has 0 heterocycles. The highest BCUT2D eigenvalue weighted by atomic mass is 35.5. The van der Waals surface area contributed by atoms with Crippen LogP contribution in [0.4, 0.5) is 0 Å². The van der Waals surface area contributed by atoms with Crippen molar-refractivity contribution in [1.82, 2.24) is 0 Å². The van der Waals surface area contributed by atoms with E-state index in [0.29, 0.717) is 18.1 Å². The first kappa shape index (κ1) is 13.0. The molecule has 5 heteroatoms. The van der Waals surface area contributed by atoms with Crippen LogP contribution in [0, 0.1) is 11.8 Å². The summed E-state index contributed by atoms with van der Waals surface area (Å²) in [5.41, 5.74) is 0. The number of Topliss-reactive ketones (excluding diaryl/α,β-unsaturated/α-hetero) is 1. The number of ketones is 1. The number of carbonyl (C=O) groups is 1. The quantitative estimate of drug-likeness (QED) is 0.722. The van der Waals surface area contributed by atoms with E-state index < -0.39 is 5.79 Å². The molecule has 0 amide bonds. The Morgan fingerprint density at radius 1 is 1.47 bits per heavy atom. The molecule has 1 saturated carbocycles. The Balaban J connectivity index is 2.36. The van der Waals surface area contributed by atoms with Gasteiger partial charge in [-0.05, 0) is 13.3 Å². The molecular formula is C12H17ClO4. The Morgan fingerprint density at radius 2 is 2.12 bits per heavy atom. The lowest BCUT2D eigenvalue weighted by Gasteiger charge is -2.48. The second kappa shape index (κ2) is 4.69. The number of carbonyl (C=O) groups excluding carboxylic acids is 1. The molecule has 2 bridgehead atoms. The summed E-state index contributed by atoms with van der Waals surface area (Å²) in [5, 5.41) is 0.634. The molecule has 3 aliphatic rings. The second-order valence-electron chi connectivity index (χ2n) is 4.30. The maximum atomic E-state index is 12.4. The van der Waals surface area contributed by atoms with Crippen LogP contribution in [0.25, 0.3) is 0 Å². The number of methoxy groups -OCH3 is 2. The van der Waals surface area contributed by atoms with E-state index in [0.717, 1.165) is 0 Å². The maximum Gasteiger partial charge on any atom is 0.237 e. The van der Waals surface area contributed by atoms with Crippen LogP contribution in [0.2, 0.25) is 0 Å². The monoisotopic (exact) mass is 260 g/mol. The smallest absolute Gasteiger partial charge is 0.237 e. The largest absolute Gasteiger partial charge is 0.377 e. The first-order valence-electron chi connectivity index (χ1n) is 5.74. The summed E-state index contributed by atoms with van der Waals surface area (Å²) < 4.78 is 16.2. The van der Waals surface area contributed by atoms with E-state index in [1.165, 1.54) is 14.2 Å². The van der Waals surface area contributed by atoms with Crippen molar-refractivity contribution in [3.63, 3.8) is 0 Å². The summed E-state index contributed by atoms with van der Waals surface area (Å²) >= 11 is 6.18.